The summed E-state index contributed by atoms with van der Waals surface area (Å²) in [5.74, 6) is -0.384. The van der Waals surface area contributed by atoms with Gasteiger partial charge in [-0.25, -0.2) is 17.6 Å². The first-order valence-corrected chi connectivity index (χ1v) is 10.9. The van der Waals surface area contributed by atoms with Crippen LogP contribution in [-0.2, 0) is 16.4 Å². The van der Waals surface area contributed by atoms with Crippen molar-refractivity contribution in [1.29, 1.82) is 0 Å². The van der Waals surface area contributed by atoms with Gasteiger partial charge in [0.25, 0.3) is 10.0 Å². The Morgan fingerprint density at radius 1 is 0.900 bits per heavy atom. The molecule has 0 fully saturated rings. The van der Waals surface area contributed by atoms with E-state index < -0.39 is 16.1 Å². The van der Waals surface area contributed by atoms with Crippen LogP contribution in [0.25, 0.3) is 0 Å². The molecule has 0 unspecified atom stereocenters. The van der Waals surface area contributed by atoms with Crippen LogP contribution >= 0.6 is 0 Å². The predicted molar refractivity (Wildman–Crippen MR) is 115 cm³/mol. The van der Waals surface area contributed by atoms with Gasteiger partial charge in [-0.1, -0.05) is 18.2 Å². The molecule has 0 aliphatic carbocycles. The fourth-order valence-corrected chi connectivity index (χ4v) is 5.00. The Balaban J connectivity index is 1.53. The smallest absolute Gasteiger partial charge is 0.308 e. The number of urea groups is 1. The van der Waals surface area contributed by atoms with Gasteiger partial charge in [0.2, 0.25) is 0 Å². The summed E-state index contributed by atoms with van der Waals surface area (Å²) in [6.07, 6.45) is 1.40. The minimum absolute atomic E-state index is 0.249. The monoisotopic (exact) mass is 425 g/mol. The standard InChI is InChI=1S/C22H20FN3O3S/c23-17-8-10-18(11-9-17)24-22(27)25-19-12-13-21-16(15-19)5-4-14-26(21)30(28,29)20-6-2-1-3-7-20/h1-3,6-13,15H,4-5,14H2,(H2,24,25,27). The van der Waals surface area contributed by atoms with Gasteiger partial charge >= 0.3 is 6.03 Å². The van der Waals surface area contributed by atoms with Crippen molar-refractivity contribution in [2.75, 3.05) is 21.5 Å². The summed E-state index contributed by atoms with van der Waals surface area (Å²) in [5.41, 5.74) is 2.48. The zero-order valence-electron chi connectivity index (χ0n) is 16.0. The van der Waals surface area contributed by atoms with E-state index in [9.17, 15) is 17.6 Å². The quantitative estimate of drug-likeness (QED) is 0.641. The second-order valence-electron chi connectivity index (χ2n) is 6.92. The number of nitrogens with one attached hydrogen (secondary N) is 2. The van der Waals surface area contributed by atoms with Crippen LogP contribution in [0.2, 0.25) is 0 Å². The van der Waals surface area contributed by atoms with Crippen LogP contribution < -0.4 is 14.9 Å². The molecule has 8 heteroatoms. The lowest BCUT2D eigenvalue weighted by atomic mass is 10.0. The number of fused-ring (bicyclic) bond motifs is 1. The highest BCUT2D eigenvalue weighted by Crippen LogP contribution is 2.33. The van der Waals surface area contributed by atoms with Gasteiger partial charge in [-0.2, -0.15) is 0 Å². The molecule has 6 nitrogen and oxygen atoms in total. The fraction of sp³-hybridized carbons (Fsp3) is 0.136. The number of halogens is 1. The molecule has 3 aromatic rings. The van der Waals surface area contributed by atoms with Crippen LogP contribution in [0, 0.1) is 5.82 Å². The van der Waals surface area contributed by atoms with E-state index in [1.807, 2.05) is 0 Å². The average molecular weight is 425 g/mol. The Bertz CT molecular complexity index is 1170. The Morgan fingerprint density at radius 2 is 1.57 bits per heavy atom. The lowest BCUT2D eigenvalue weighted by Gasteiger charge is -2.30. The van der Waals surface area contributed by atoms with Crippen LogP contribution in [0.5, 0.6) is 0 Å². The molecule has 0 aromatic heterocycles. The van der Waals surface area contributed by atoms with Crippen LogP contribution in [0.15, 0.2) is 77.7 Å². The van der Waals surface area contributed by atoms with E-state index >= 15 is 0 Å². The van der Waals surface area contributed by atoms with Gasteiger partial charge in [-0.15, -0.1) is 0 Å². The Labute approximate surface area is 174 Å². The molecule has 3 aromatic carbocycles. The maximum Gasteiger partial charge on any atom is 0.323 e. The van der Waals surface area contributed by atoms with Crippen molar-refractivity contribution in [3.05, 3.63) is 84.2 Å². The first kappa shape index (κ1) is 19.9. The zero-order chi connectivity index (χ0) is 21.1. The minimum atomic E-state index is -3.65. The molecule has 0 atom stereocenters. The summed E-state index contributed by atoms with van der Waals surface area (Å²) in [5, 5.41) is 5.36. The second kappa shape index (κ2) is 8.16. The molecule has 0 spiro atoms. The van der Waals surface area contributed by atoms with E-state index in [1.54, 1.807) is 48.5 Å². The number of carbonyl (C=O) groups excluding carboxylic acids is 1. The van der Waals surface area contributed by atoms with E-state index in [-0.39, 0.29) is 10.7 Å². The van der Waals surface area contributed by atoms with E-state index in [1.165, 1.54) is 28.6 Å². The number of anilines is 3. The first-order valence-electron chi connectivity index (χ1n) is 9.48. The molecule has 0 saturated carbocycles. The van der Waals surface area contributed by atoms with Gasteiger partial charge in [0.05, 0.1) is 10.6 Å². The van der Waals surface area contributed by atoms with E-state index in [4.69, 9.17) is 0 Å². The maximum absolute atomic E-state index is 13.1. The number of sulfonamides is 1. The molecule has 154 valence electrons. The third-order valence-corrected chi connectivity index (χ3v) is 6.67. The van der Waals surface area contributed by atoms with Crippen LogP contribution in [0.4, 0.5) is 26.2 Å². The lowest BCUT2D eigenvalue weighted by molar-refractivity contribution is 0.262. The van der Waals surface area contributed by atoms with Crippen molar-refractivity contribution in [2.45, 2.75) is 17.7 Å². The number of rotatable bonds is 4. The third kappa shape index (κ3) is 4.13. The summed E-state index contributed by atoms with van der Waals surface area (Å²) in [4.78, 5) is 12.5. The number of aryl methyl sites for hydroxylation is 1. The van der Waals surface area contributed by atoms with Gasteiger partial charge in [0.1, 0.15) is 5.82 Å². The van der Waals surface area contributed by atoms with Crippen molar-refractivity contribution < 1.29 is 17.6 Å². The van der Waals surface area contributed by atoms with Crippen LogP contribution in [0.3, 0.4) is 0 Å². The average Bonchev–Trinajstić information content (AvgIpc) is 2.75. The van der Waals surface area contributed by atoms with Crippen LogP contribution in [-0.4, -0.2) is 21.0 Å². The SMILES string of the molecule is O=C(Nc1ccc(F)cc1)Nc1ccc2c(c1)CCCN2S(=O)(=O)c1ccccc1. The van der Waals surface area contributed by atoms with Crippen molar-refractivity contribution in [3.63, 3.8) is 0 Å². The third-order valence-electron chi connectivity index (χ3n) is 4.85. The van der Waals surface area contributed by atoms with Gasteiger partial charge in [0, 0.05) is 17.9 Å². The summed E-state index contributed by atoms with van der Waals surface area (Å²) in [6.45, 7) is 0.405. The van der Waals surface area contributed by atoms with Crippen molar-refractivity contribution >= 4 is 33.1 Å². The summed E-state index contributed by atoms with van der Waals surface area (Å²) in [6, 6.07) is 18.5. The topological polar surface area (TPSA) is 78.5 Å². The number of hydrogen-bond acceptors (Lipinski definition) is 3. The molecule has 1 aliphatic rings. The van der Waals surface area contributed by atoms with E-state index in [0.717, 1.165) is 5.56 Å². The van der Waals surface area contributed by atoms with Crippen molar-refractivity contribution in [2.24, 2.45) is 0 Å². The molecule has 4 rings (SSSR count). The molecule has 2 N–H and O–H groups in total. The van der Waals surface area contributed by atoms with Gasteiger partial charge in [-0.05, 0) is 73.0 Å². The molecule has 1 aliphatic heterocycles. The number of nitrogens with zero attached hydrogens (tertiary/aromatic N) is 1. The van der Waals surface area contributed by atoms with E-state index in [0.29, 0.717) is 36.4 Å². The number of carbonyl (C=O) groups is 1. The lowest BCUT2D eigenvalue weighted by Crippen LogP contribution is -2.35. The van der Waals surface area contributed by atoms with Gasteiger partial charge < -0.3 is 10.6 Å². The van der Waals surface area contributed by atoms with Gasteiger partial charge in [-0.3, -0.25) is 4.31 Å². The van der Waals surface area contributed by atoms with Crippen LogP contribution in [0.1, 0.15) is 12.0 Å². The Kier molecular flexibility index (Phi) is 5.41. The highest BCUT2D eigenvalue weighted by atomic mass is 32.2. The molecule has 1 heterocycles. The van der Waals surface area contributed by atoms with Crippen molar-refractivity contribution in [3.8, 4) is 0 Å². The largest absolute Gasteiger partial charge is 0.323 e. The zero-order valence-corrected chi connectivity index (χ0v) is 16.8. The first-order chi connectivity index (χ1) is 14.4. The van der Waals surface area contributed by atoms with Crippen molar-refractivity contribution in [1.82, 2.24) is 0 Å². The maximum atomic E-state index is 13.1. The minimum Gasteiger partial charge on any atom is -0.308 e. The molecule has 2 amide bonds. The van der Waals surface area contributed by atoms with Gasteiger partial charge in [0.15, 0.2) is 0 Å². The molecule has 30 heavy (non-hydrogen) atoms. The number of benzene rings is 3. The predicted octanol–water partition coefficient (Wildman–Crippen LogP) is 4.61. The summed E-state index contributed by atoms with van der Waals surface area (Å²) < 4.78 is 40.5. The number of amides is 2. The summed E-state index contributed by atoms with van der Waals surface area (Å²) in [7, 11) is -3.65. The second-order valence-corrected chi connectivity index (χ2v) is 8.79. The fourth-order valence-electron chi connectivity index (χ4n) is 3.44. The molecular formula is C22H20FN3O3S. The Hall–Kier alpha value is -3.39. The highest BCUT2D eigenvalue weighted by molar-refractivity contribution is 7.92. The normalized spacial score (nSPS) is 13.4. The Morgan fingerprint density at radius 3 is 2.30 bits per heavy atom. The highest BCUT2D eigenvalue weighted by Gasteiger charge is 2.29. The van der Waals surface area contributed by atoms with E-state index in [2.05, 4.69) is 10.6 Å². The molecular weight excluding hydrogens is 405 g/mol. The molecule has 0 radical (unpaired) electrons. The summed E-state index contributed by atoms with van der Waals surface area (Å²) >= 11 is 0. The molecule has 0 bridgehead atoms. The molecule has 0 saturated heterocycles. The number of hydrogen-bond donors (Lipinski definition) is 2.